The monoisotopic (exact) mass is 364 g/mol. The summed E-state index contributed by atoms with van der Waals surface area (Å²) < 4.78 is 14.7. The molecule has 0 saturated heterocycles. The Balaban J connectivity index is 1.97. The molecule has 128 valence electrons. The number of rotatable bonds is 2. The number of nitrogens with zero attached hydrogens (tertiary/aromatic N) is 3. The third kappa shape index (κ3) is 2.76. The molecule has 2 aromatic carbocycles. The smallest absolute Gasteiger partial charge is 0.135 e. The van der Waals surface area contributed by atoms with Crippen LogP contribution in [0, 0.1) is 12.7 Å². The van der Waals surface area contributed by atoms with Crippen LogP contribution in [0.2, 0.25) is 5.02 Å². The van der Waals surface area contributed by atoms with Crippen molar-refractivity contribution in [3.8, 4) is 22.4 Å². The second-order valence-electron chi connectivity index (χ2n) is 5.97. The maximum absolute atomic E-state index is 14.7. The summed E-state index contributed by atoms with van der Waals surface area (Å²) in [6.45, 7) is 1.68. The third-order valence-electron chi connectivity index (χ3n) is 4.26. The van der Waals surface area contributed by atoms with Gasteiger partial charge in [0.2, 0.25) is 0 Å². The first-order valence-corrected chi connectivity index (χ1v) is 8.34. The van der Waals surface area contributed by atoms with E-state index in [1.807, 2.05) is 30.3 Å². The number of aryl methyl sites for hydroxylation is 1. The SMILES string of the molecule is Cc1cc(Cl)cc(-c2ncccc2-c2ccc3ncnc(N)c3c2)c1F. The summed E-state index contributed by atoms with van der Waals surface area (Å²) in [5.74, 6) is 0.0602. The van der Waals surface area contributed by atoms with Crippen molar-refractivity contribution in [2.24, 2.45) is 0 Å². The molecule has 2 N–H and O–H groups in total. The summed E-state index contributed by atoms with van der Waals surface area (Å²) in [5, 5.41) is 1.20. The lowest BCUT2D eigenvalue weighted by atomic mass is 9.97. The van der Waals surface area contributed by atoms with Crippen LogP contribution < -0.4 is 5.73 Å². The molecule has 0 aliphatic carbocycles. The van der Waals surface area contributed by atoms with Gasteiger partial charge in [-0.25, -0.2) is 14.4 Å². The number of nitrogens with two attached hydrogens (primary N) is 1. The second kappa shape index (κ2) is 6.35. The van der Waals surface area contributed by atoms with Crippen LogP contribution in [0.5, 0.6) is 0 Å². The number of pyridine rings is 1. The standard InChI is InChI=1S/C20H14ClFN4/c1-11-7-13(21)9-16(18(11)22)19-14(3-2-6-24-19)12-4-5-17-15(8-12)20(23)26-10-25-17/h2-10H,1H3,(H2,23,25,26). The van der Waals surface area contributed by atoms with Gasteiger partial charge in [-0.15, -0.1) is 0 Å². The van der Waals surface area contributed by atoms with Crippen molar-refractivity contribution in [3.63, 3.8) is 0 Å². The highest BCUT2D eigenvalue weighted by Crippen LogP contribution is 2.35. The van der Waals surface area contributed by atoms with Crippen LogP contribution in [-0.2, 0) is 0 Å². The van der Waals surface area contributed by atoms with E-state index < -0.39 is 0 Å². The first-order chi connectivity index (χ1) is 12.5. The van der Waals surface area contributed by atoms with Gasteiger partial charge in [0.1, 0.15) is 18.0 Å². The van der Waals surface area contributed by atoms with Gasteiger partial charge < -0.3 is 5.73 Å². The quantitative estimate of drug-likeness (QED) is 0.541. The Morgan fingerprint density at radius 1 is 1.00 bits per heavy atom. The Kier molecular flexibility index (Phi) is 4.01. The van der Waals surface area contributed by atoms with Crippen molar-refractivity contribution in [1.82, 2.24) is 15.0 Å². The zero-order chi connectivity index (χ0) is 18.3. The van der Waals surface area contributed by atoms with Gasteiger partial charge in [0.25, 0.3) is 0 Å². The molecule has 4 nitrogen and oxygen atoms in total. The Labute approximate surface area is 154 Å². The molecule has 4 aromatic rings. The molecule has 4 rings (SSSR count). The van der Waals surface area contributed by atoms with E-state index in [0.717, 1.165) is 22.0 Å². The number of fused-ring (bicyclic) bond motifs is 1. The van der Waals surface area contributed by atoms with Crippen LogP contribution >= 0.6 is 11.6 Å². The molecule has 0 spiro atoms. The van der Waals surface area contributed by atoms with E-state index in [2.05, 4.69) is 15.0 Å². The van der Waals surface area contributed by atoms with Crippen molar-refractivity contribution in [3.05, 3.63) is 71.4 Å². The topological polar surface area (TPSA) is 64.7 Å². The highest BCUT2D eigenvalue weighted by molar-refractivity contribution is 6.31. The molecule has 6 heteroatoms. The first kappa shape index (κ1) is 16.4. The van der Waals surface area contributed by atoms with Crippen molar-refractivity contribution >= 4 is 28.3 Å². The van der Waals surface area contributed by atoms with Crippen molar-refractivity contribution in [2.45, 2.75) is 6.92 Å². The molecule has 0 unspecified atom stereocenters. The predicted octanol–water partition coefficient (Wildman–Crippen LogP) is 5.04. The summed E-state index contributed by atoms with van der Waals surface area (Å²) >= 11 is 6.14. The maximum atomic E-state index is 14.7. The van der Waals surface area contributed by atoms with Crippen LogP contribution in [0.4, 0.5) is 10.2 Å². The fourth-order valence-electron chi connectivity index (χ4n) is 2.99. The molecular formula is C20H14ClFN4. The normalized spacial score (nSPS) is 11.0. The zero-order valence-corrected chi connectivity index (χ0v) is 14.6. The van der Waals surface area contributed by atoms with E-state index in [1.54, 1.807) is 25.3 Å². The van der Waals surface area contributed by atoms with E-state index in [9.17, 15) is 4.39 Å². The van der Waals surface area contributed by atoms with E-state index in [1.165, 1.54) is 6.33 Å². The van der Waals surface area contributed by atoms with Crippen molar-refractivity contribution in [2.75, 3.05) is 5.73 Å². The average molecular weight is 365 g/mol. The van der Waals surface area contributed by atoms with Crippen LogP contribution in [-0.4, -0.2) is 15.0 Å². The van der Waals surface area contributed by atoms with Gasteiger partial charge in [0.15, 0.2) is 0 Å². The Bertz CT molecular complexity index is 1140. The molecule has 0 aliphatic rings. The molecule has 0 fully saturated rings. The number of halogens is 2. The highest BCUT2D eigenvalue weighted by Gasteiger charge is 2.16. The maximum Gasteiger partial charge on any atom is 0.135 e. The van der Waals surface area contributed by atoms with Crippen LogP contribution in [0.1, 0.15) is 5.56 Å². The molecule has 0 radical (unpaired) electrons. The van der Waals surface area contributed by atoms with Gasteiger partial charge in [-0.05, 0) is 48.4 Å². The minimum absolute atomic E-state index is 0.335. The van der Waals surface area contributed by atoms with E-state index in [-0.39, 0.29) is 5.82 Å². The summed E-state index contributed by atoms with van der Waals surface area (Å²) in [7, 11) is 0. The zero-order valence-electron chi connectivity index (χ0n) is 13.9. The van der Waals surface area contributed by atoms with Gasteiger partial charge >= 0.3 is 0 Å². The molecule has 2 aromatic heterocycles. The van der Waals surface area contributed by atoms with Crippen LogP contribution in [0.3, 0.4) is 0 Å². The van der Waals surface area contributed by atoms with Gasteiger partial charge in [-0.2, -0.15) is 0 Å². The lowest BCUT2D eigenvalue weighted by Gasteiger charge is -2.12. The molecule has 2 heterocycles. The number of nitrogen functional groups attached to an aromatic ring is 1. The minimum Gasteiger partial charge on any atom is -0.383 e. The number of hydrogen-bond donors (Lipinski definition) is 1. The van der Waals surface area contributed by atoms with Crippen LogP contribution in [0.25, 0.3) is 33.3 Å². The van der Waals surface area contributed by atoms with E-state index in [4.69, 9.17) is 17.3 Å². The number of anilines is 1. The van der Waals surface area contributed by atoms with E-state index in [0.29, 0.717) is 27.7 Å². The molecular weight excluding hydrogens is 351 g/mol. The summed E-state index contributed by atoms with van der Waals surface area (Å²) in [4.78, 5) is 12.7. The van der Waals surface area contributed by atoms with Gasteiger partial charge in [0, 0.05) is 27.7 Å². The largest absolute Gasteiger partial charge is 0.383 e. The van der Waals surface area contributed by atoms with Gasteiger partial charge in [0.05, 0.1) is 11.2 Å². The van der Waals surface area contributed by atoms with Crippen molar-refractivity contribution in [1.29, 1.82) is 0 Å². The lowest BCUT2D eigenvalue weighted by molar-refractivity contribution is 0.621. The van der Waals surface area contributed by atoms with Gasteiger partial charge in [-0.3, -0.25) is 4.98 Å². The molecule has 26 heavy (non-hydrogen) atoms. The Morgan fingerprint density at radius 2 is 1.85 bits per heavy atom. The molecule has 0 aliphatic heterocycles. The van der Waals surface area contributed by atoms with Crippen molar-refractivity contribution < 1.29 is 4.39 Å². The number of benzene rings is 2. The predicted molar refractivity (Wildman–Crippen MR) is 102 cm³/mol. The lowest BCUT2D eigenvalue weighted by Crippen LogP contribution is -1.96. The highest BCUT2D eigenvalue weighted by atomic mass is 35.5. The summed E-state index contributed by atoms with van der Waals surface area (Å²) in [6.07, 6.45) is 3.06. The van der Waals surface area contributed by atoms with Gasteiger partial charge in [-0.1, -0.05) is 23.7 Å². The number of aromatic nitrogens is 3. The van der Waals surface area contributed by atoms with E-state index >= 15 is 0 Å². The fourth-order valence-corrected chi connectivity index (χ4v) is 3.27. The first-order valence-electron chi connectivity index (χ1n) is 7.96. The average Bonchev–Trinajstić information content (AvgIpc) is 2.65. The minimum atomic E-state index is -0.335. The molecule has 0 atom stereocenters. The Morgan fingerprint density at radius 3 is 2.69 bits per heavy atom. The third-order valence-corrected chi connectivity index (χ3v) is 4.48. The summed E-state index contributed by atoms with van der Waals surface area (Å²) in [5.41, 5.74) is 9.70. The second-order valence-corrected chi connectivity index (χ2v) is 6.41. The summed E-state index contributed by atoms with van der Waals surface area (Å²) in [6, 6.07) is 12.5. The number of hydrogen-bond acceptors (Lipinski definition) is 4. The molecule has 0 amide bonds. The molecule has 0 saturated carbocycles. The Hall–Kier alpha value is -3.05. The molecule has 0 bridgehead atoms. The fraction of sp³-hybridized carbons (Fsp3) is 0.0500. The van der Waals surface area contributed by atoms with Crippen LogP contribution in [0.15, 0.2) is 55.0 Å².